The summed E-state index contributed by atoms with van der Waals surface area (Å²) in [5.74, 6) is 0.225. The second kappa shape index (κ2) is 11.2. The van der Waals surface area contributed by atoms with Gasteiger partial charge in [-0.25, -0.2) is 9.37 Å². The van der Waals surface area contributed by atoms with Gasteiger partial charge in [0.25, 0.3) is 0 Å². The molecule has 0 saturated carbocycles. The molecule has 0 aromatic carbocycles. The van der Waals surface area contributed by atoms with E-state index in [0.717, 1.165) is 51.5 Å². The molecule has 29 heavy (non-hydrogen) atoms. The van der Waals surface area contributed by atoms with Crippen molar-refractivity contribution < 1.29 is 13.9 Å². The van der Waals surface area contributed by atoms with Crippen LogP contribution in [0.15, 0.2) is 12.1 Å². The molecular weight excluding hydrogens is 373 g/mol. The van der Waals surface area contributed by atoms with E-state index in [1.54, 1.807) is 6.07 Å². The summed E-state index contributed by atoms with van der Waals surface area (Å²) in [6.07, 6.45) is -0.269. The Kier molecular flexibility index (Phi) is 8.62. The van der Waals surface area contributed by atoms with Crippen molar-refractivity contribution in [3.63, 3.8) is 0 Å². The molecule has 8 heteroatoms. The zero-order valence-corrected chi connectivity index (χ0v) is 18.1. The number of piperazine rings is 1. The van der Waals surface area contributed by atoms with E-state index < -0.39 is 0 Å². The fraction of sp³-hybridized carbons (Fsp3) is 0.762. The van der Waals surface area contributed by atoms with Crippen molar-refractivity contribution in [3.8, 4) is 0 Å². The van der Waals surface area contributed by atoms with E-state index in [-0.39, 0.29) is 12.1 Å². The molecule has 2 fully saturated rings. The zero-order chi connectivity index (χ0) is 20.6. The zero-order valence-electron chi connectivity index (χ0n) is 18.1. The predicted octanol–water partition coefficient (Wildman–Crippen LogP) is 1.54. The largest absolute Gasteiger partial charge is 0.352 e. The lowest BCUT2D eigenvalue weighted by molar-refractivity contribution is -0.133. The number of aromatic nitrogens is 1. The van der Waals surface area contributed by atoms with Crippen molar-refractivity contribution in [2.75, 3.05) is 70.5 Å². The Morgan fingerprint density at radius 1 is 1.10 bits per heavy atom. The summed E-state index contributed by atoms with van der Waals surface area (Å²) in [7, 11) is 0. The van der Waals surface area contributed by atoms with Gasteiger partial charge in [0.1, 0.15) is 0 Å². The SMILES string of the molecule is CCOC(CNCc1ccc(F)c(N2CC(N3CCN(CC)CC3)C2)n1)OCC. The van der Waals surface area contributed by atoms with Gasteiger partial charge in [-0.15, -0.1) is 0 Å². The Morgan fingerprint density at radius 3 is 2.41 bits per heavy atom. The molecule has 3 heterocycles. The number of hydrogen-bond acceptors (Lipinski definition) is 7. The van der Waals surface area contributed by atoms with Crippen molar-refractivity contribution in [1.82, 2.24) is 20.1 Å². The monoisotopic (exact) mass is 409 g/mol. The third-order valence-corrected chi connectivity index (χ3v) is 5.74. The Hall–Kier alpha value is -1.32. The summed E-state index contributed by atoms with van der Waals surface area (Å²) >= 11 is 0. The van der Waals surface area contributed by atoms with Gasteiger partial charge in [0.15, 0.2) is 17.9 Å². The third-order valence-electron chi connectivity index (χ3n) is 5.74. The molecule has 0 amide bonds. The molecular formula is C21H36FN5O2. The summed E-state index contributed by atoms with van der Waals surface area (Å²) in [5.41, 5.74) is 0.827. The quantitative estimate of drug-likeness (QED) is 0.557. The standard InChI is InChI=1S/C21H36FN5O2/c1-4-25-9-11-26(12-10-25)18-15-27(16-18)21-19(22)8-7-17(24-21)13-23-14-20(28-5-2)29-6-3/h7-8,18,20,23H,4-6,9-16H2,1-3H3. The van der Waals surface area contributed by atoms with E-state index in [4.69, 9.17) is 9.47 Å². The minimum atomic E-state index is -0.269. The highest BCUT2D eigenvalue weighted by molar-refractivity contribution is 5.44. The van der Waals surface area contributed by atoms with Gasteiger partial charge in [-0.2, -0.15) is 0 Å². The predicted molar refractivity (Wildman–Crippen MR) is 113 cm³/mol. The molecule has 2 aliphatic heterocycles. The van der Waals surface area contributed by atoms with Crippen LogP contribution in [0.3, 0.4) is 0 Å². The van der Waals surface area contributed by atoms with E-state index in [9.17, 15) is 4.39 Å². The molecule has 3 rings (SSSR count). The number of rotatable bonds is 11. The highest BCUT2D eigenvalue weighted by Crippen LogP contribution is 2.25. The molecule has 1 N–H and O–H groups in total. The number of ether oxygens (including phenoxy) is 2. The van der Waals surface area contributed by atoms with Gasteiger partial charge < -0.3 is 24.6 Å². The van der Waals surface area contributed by atoms with Crippen LogP contribution < -0.4 is 10.2 Å². The Labute approximate surface area is 174 Å². The van der Waals surface area contributed by atoms with E-state index in [1.165, 1.54) is 6.07 Å². The number of anilines is 1. The first kappa shape index (κ1) is 22.4. The summed E-state index contributed by atoms with van der Waals surface area (Å²) in [5, 5.41) is 3.30. The van der Waals surface area contributed by atoms with Crippen molar-refractivity contribution in [3.05, 3.63) is 23.6 Å². The number of hydrogen-bond donors (Lipinski definition) is 1. The Balaban J connectivity index is 1.47. The molecule has 0 unspecified atom stereocenters. The highest BCUT2D eigenvalue weighted by atomic mass is 19.1. The molecule has 0 atom stereocenters. The van der Waals surface area contributed by atoms with Crippen molar-refractivity contribution >= 4 is 5.82 Å². The van der Waals surface area contributed by atoms with E-state index >= 15 is 0 Å². The topological polar surface area (TPSA) is 53.1 Å². The Bertz CT molecular complexity index is 615. The molecule has 1 aromatic rings. The summed E-state index contributed by atoms with van der Waals surface area (Å²) in [4.78, 5) is 11.6. The maximum atomic E-state index is 14.4. The lowest BCUT2D eigenvalue weighted by Crippen LogP contribution is -2.63. The summed E-state index contributed by atoms with van der Waals surface area (Å²) in [6, 6.07) is 3.77. The highest BCUT2D eigenvalue weighted by Gasteiger charge is 2.35. The minimum Gasteiger partial charge on any atom is -0.352 e. The van der Waals surface area contributed by atoms with Crippen LogP contribution in [0.2, 0.25) is 0 Å². The van der Waals surface area contributed by atoms with Crippen LogP contribution in [0, 0.1) is 5.82 Å². The molecule has 0 radical (unpaired) electrons. The fourth-order valence-electron chi connectivity index (χ4n) is 3.95. The van der Waals surface area contributed by atoms with Gasteiger partial charge >= 0.3 is 0 Å². The van der Waals surface area contributed by atoms with Gasteiger partial charge in [0.05, 0.1) is 5.69 Å². The molecule has 7 nitrogen and oxygen atoms in total. The van der Waals surface area contributed by atoms with Crippen LogP contribution in [0.5, 0.6) is 0 Å². The van der Waals surface area contributed by atoms with Crippen molar-refractivity contribution in [2.45, 2.75) is 39.6 Å². The maximum absolute atomic E-state index is 14.4. The smallest absolute Gasteiger partial charge is 0.169 e. The van der Waals surface area contributed by atoms with Gasteiger partial charge in [-0.1, -0.05) is 6.92 Å². The molecule has 2 saturated heterocycles. The maximum Gasteiger partial charge on any atom is 0.169 e. The first-order chi connectivity index (χ1) is 14.1. The summed E-state index contributed by atoms with van der Waals surface area (Å²) < 4.78 is 25.4. The van der Waals surface area contributed by atoms with Crippen LogP contribution >= 0.6 is 0 Å². The first-order valence-corrected chi connectivity index (χ1v) is 10.9. The molecule has 0 spiro atoms. The van der Waals surface area contributed by atoms with Gasteiger partial charge in [-0.3, -0.25) is 4.90 Å². The van der Waals surface area contributed by atoms with Gasteiger partial charge in [-0.05, 0) is 32.5 Å². The van der Waals surface area contributed by atoms with Crippen molar-refractivity contribution in [2.24, 2.45) is 0 Å². The fourth-order valence-corrected chi connectivity index (χ4v) is 3.95. The van der Waals surface area contributed by atoms with Crippen LogP contribution in [-0.2, 0) is 16.0 Å². The number of nitrogens with one attached hydrogen (secondary N) is 1. The first-order valence-electron chi connectivity index (χ1n) is 10.9. The van der Waals surface area contributed by atoms with Gasteiger partial charge in [0.2, 0.25) is 0 Å². The molecule has 0 aliphatic carbocycles. The van der Waals surface area contributed by atoms with E-state index in [2.05, 4.69) is 31.9 Å². The number of pyridine rings is 1. The van der Waals surface area contributed by atoms with Crippen molar-refractivity contribution in [1.29, 1.82) is 0 Å². The number of nitrogens with zero attached hydrogens (tertiary/aromatic N) is 4. The van der Waals surface area contributed by atoms with E-state index in [0.29, 0.717) is 38.2 Å². The summed E-state index contributed by atoms with van der Waals surface area (Å²) in [6.45, 7) is 15.7. The number of likely N-dealkylation sites (N-methyl/N-ethyl adjacent to an activating group) is 1. The van der Waals surface area contributed by atoms with Crippen LogP contribution in [0.4, 0.5) is 10.2 Å². The third kappa shape index (κ3) is 6.08. The normalized spacial score (nSPS) is 19.1. The average molecular weight is 410 g/mol. The average Bonchev–Trinajstić information content (AvgIpc) is 2.70. The lowest BCUT2D eigenvalue weighted by Gasteiger charge is -2.48. The van der Waals surface area contributed by atoms with Gasteiger partial charge in [0, 0.05) is 71.6 Å². The molecule has 164 valence electrons. The van der Waals surface area contributed by atoms with E-state index in [1.807, 2.05) is 13.8 Å². The molecule has 0 bridgehead atoms. The van der Waals surface area contributed by atoms with Crippen LogP contribution in [-0.4, -0.2) is 92.7 Å². The Morgan fingerprint density at radius 2 is 1.79 bits per heavy atom. The van der Waals surface area contributed by atoms with Crippen LogP contribution in [0.1, 0.15) is 26.5 Å². The second-order valence-electron chi connectivity index (χ2n) is 7.61. The molecule has 1 aromatic heterocycles. The second-order valence-corrected chi connectivity index (χ2v) is 7.61. The number of halogens is 1. The van der Waals surface area contributed by atoms with Crippen LogP contribution in [0.25, 0.3) is 0 Å². The lowest BCUT2D eigenvalue weighted by atomic mass is 10.1. The molecule has 2 aliphatic rings. The minimum absolute atomic E-state index is 0.246.